The highest BCUT2D eigenvalue weighted by atomic mass is 35.5. The summed E-state index contributed by atoms with van der Waals surface area (Å²) in [5, 5.41) is 1.64. The quantitative estimate of drug-likeness (QED) is 0.752. The summed E-state index contributed by atoms with van der Waals surface area (Å²) in [4.78, 5) is 6.94. The first kappa shape index (κ1) is 18.8. The lowest BCUT2D eigenvalue weighted by Gasteiger charge is -2.26. The van der Waals surface area contributed by atoms with Gasteiger partial charge in [0.1, 0.15) is 0 Å². The van der Waals surface area contributed by atoms with E-state index in [2.05, 4.69) is 36.1 Å². The summed E-state index contributed by atoms with van der Waals surface area (Å²) in [6.45, 7) is 2.72. The molecule has 2 aliphatic heterocycles. The highest BCUT2D eigenvalue weighted by Gasteiger charge is 2.46. The van der Waals surface area contributed by atoms with Crippen molar-refractivity contribution in [2.45, 2.75) is 31.3 Å². The Bertz CT molecular complexity index is 956. The van der Waals surface area contributed by atoms with Crippen LogP contribution in [-0.4, -0.2) is 42.1 Å². The molecule has 2 aromatic carbocycles. The van der Waals surface area contributed by atoms with Gasteiger partial charge in [0.15, 0.2) is 15.0 Å². The number of hydrogen-bond donors (Lipinski definition) is 0. The normalized spacial score (nSPS) is 23.3. The number of benzene rings is 2. The lowest BCUT2D eigenvalue weighted by molar-refractivity contribution is 0.343. The third-order valence-electron chi connectivity index (χ3n) is 4.97. The highest BCUT2D eigenvalue weighted by molar-refractivity contribution is 8.13. The molecule has 0 N–H and O–H groups in total. The zero-order chi connectivity index (χ0) is 19.0. The van der Waals surface area contributed by atoms with Gasteiger partial charge in [0.25, 0.3) is 0 Å². The molecule has 0 unspecified atom stereocenters. The first-order valence-corrected chi connectivity index (χ1v) is 12.1. The smallest absolute Gasteiger partial charge is 0.160 e. The van der Waals surface area contributed by atoms with Gasteiger partial charge in [-0.15, -0.1) is 0 Å². The molecule has 142 valence electrons. The van der Waals surface area contributed by atoms with Gasteiger partial charge in [-0.2, -0.15) is 0 Å². The second kappa shape index (κ2) is 7.49. The van der Waals surface area contributed by atoms with Crippen molar-refractivity contribution < 1.29 is 8.42 Å². The predicted octanol–water partition coefficient (Wildman–Crippen LogP) is 3.92. The molecule has 0 amide bonds. The van der Waals surface area contributed by atoms with Gasteiger partial charge in [0.05, 0.1) is 23.6 Å². The largest absolute Gasteiger partial charge is 0.341 e. The van der Waals surface area contributed by atoms with Gasteiger partial charge in [0, 0.05) is 17.3 Å². The monoisotopic (exact) mass is 420 g/mol. The molecule has 0 saturated carbocycles. The van der Waals surface area contributed by atoms with Crippen LogP contribution in [0.1, 0.15) is 16.7 Å². The molecule has 27 heavy (non-hydrogen) atoms. The van der Waals surface area contributed by atoms with Gasteiger partial charge in [-0.3, -0.25) is 4.99 Å². The van der Waals surface area contributed by atoms with E-state index in [1.54, 1.807) is 11.8 Å². The third-order valence-corrected chi connectivity index (χ3v) is 8.00. The number of amidine groups is 1. The van der Waals surface area contributed by atoms with Crippen molar-refractivity contribution in [3.63, 3.8) is 0 Å². The van der Waals surface area contributed by atoms with Crippen LogP contribution < -0.4 is 0 Å². The number of aliphatic imine (C=N–C) groups is 1. The molecular formula is C20H21ClN2O2S2. The van der Waals surface area contributed by atoms with Crippen molar-refractivity contribution in [3.05, 3.63) is 70.2 Å². The number of fused-ring (bicyclic) bond motifs is 1. The third kappa shape index (κ3) is 4.33. The zero-order valence-electron chi connectivity index (χ0n) is 15.0. The first-order valence-electron chi connectivity index (χ1n) is 8.87. The van der Waals surface area contributed by atoms with Crippen LogP contribution in [0.25, 0.3) is 0 Å². The van der Waals surface area contributed by atoms with Crippen molar-refractivity contribution in [2.24, 2.45) is 4.99 Å². The number of rotatable bonds is 4. The SMILES string of the molecule is Cc1ccc(CSC2=N[C@H]3CS(=O)(=O)C[C@H]3N2Cc2ccc(Cl)cc2)cc1. The lowest BCUT2D eigenvalue weighted by atomic mass is 10.1. The maximum Gasteiger partial charge on any atom is 0.160 e. The van der Waals surface area contributed by atoms with E-state index in [1.165, 1.54) is 11.1 Å². The molecule has 7 heteroatoms. The van der Waals surface area contributed by atoms with Crippen molar-refractivity contribution in [1.29, 1.82) is 0 Å². The van der Waals surface area contributed by atoms with E-state index in [-0.39, 0.29) is 23.6 Å². The molecule has 2 aliphatic rings. The molecule has 2 atom stereocenters. The molecular weight excluding hydrogens is 400 g/mol. The highest BCUT2D eigenvalue weighted by Crippen LogP contribution is 2.33. The molecule has 0 bridgehead atoms. The van der Waals surface area contributed by atoms with Crippen LogP contribution >= 0.6 is 23.4 Å². The molecule has 0 spiro atoms. The Morgan fingerprint density at radius 3 is 2.44 bits per heavy atom. The summed E-state index contributed by atoms with van der Waals surface area (Å²) < 4.78 is 24.2. The van der Waals surface area contributed by atoms with Crippen molar-refractivity contribution >= 4 is 38.4 Å². The van der Waals surface area contributed by atoms with Gasteiger partial charge in [-0.25, -0.2) is 8.42 Å². The Balaban J connectivity index is 1.53. The number of halogens is 1. The number of nitrogens with zero attached hydrogens (tertiary/aromatic N) is 2. The molecule has 1 fully saturated rings. The average molecular weight is 421 g/mol. The minimum absolute atomic E-state index is 0.0637. The van der Waals surface area contributed by atoms with E-state index >= 15 is 0 Å². The Labute approximate surface area is 169 Å². The first-order chi connectivity index (χ1) is 12.9. The standard InChI is InChI=1S/C20H21ClN2O2S2/c1-14-2-4-16(5-3-14)11-26-20-22-18-12-27(24,25)13-19(18)23(20)10-15-6-8-17(21)9-7-15/h2-9,18-19H,10-13H2,1H3/t18-,19+/m0/s1. The van der Waals surface area contributed by atoms with Crippen LogP contribution in [0.4, 0.5) is 0 Å². The average Bonchev–Trinajstić information content (AvgIpc) is 3.09. The van der Waals surface area contributed by atoms with E-state index in [9.17, 15) is 8.42 Å². The Kier molecular flexibility index (Phi) is 5.23. The predicted molar refractivity (Wildman–Crippen MR) is 113 cm³/mol. The molecule has 0 radical (unpaired) electrons. The summed E-state index contributed by atoms with van der Waals surface area (Å²) in [6, 6.07) is 16.0. The van der Waals surface area contributed by atoms with E-state index in [4.69, 9.17) is 16.6 Å². The molecule has 2 heterocycles. The number of thioether (sulfide) groups is 1. The topological polar surface area (TPSA) is 49.7 Å². The van der Waals surface area contributed by atoms with Gasteiger partial charge in [-0.1, -0.05) is 65.3 Å². The van der Waals surface area contributed by atoms with Crippen LogP contribution in [-0.2, 0) is 22.1 Å². The van der Waals surface area contributed by atoms with Crippen molar-refractivity contribution in [1.82, 2.24) is 4.90 Å². The summed E-state index contributed by atoms with van der Waals surface area (Å²) in [5.41, 5.74) is 3.59. The lowest BCUT2D eigenvalue weighted by Crippen LogP contribution is -2.38. The maximum absolute atomic E-state index is 12.1. The van der Waals surface area contributed by atoms with Gasteiger partial charge in [0.2, 0.25) is 0 Å². The Morgan fingerprint density at radius 2 is 1.74 bits per heavy atom. The van der Waals surface area contributed by atoms with Crippen LogP contribution in [0, 0.1) is 6.92 Å². The van der Waals surface area contributed by atoms with Gasteiger partial charge in [-0.05, 0) is 30.2 Å². The molecule has 0 aromatic heterocycles. The fraction of sp³-hybridized carbons (Fsp3) is 0.350. The second-order valence-corrected chi connectivity index (χ2v) is 10.7. The zero-order valence-corrected chi connectivity index (χ0v) is 17.4. The van der Waals surface area contributed by atoms with E-state index in [1.807, 2.05) is 24.3 Å². The van der Waals surface area contributed by atoms with Gasteiger partial charge >= 0.3 is 0 Å². The van der Waals surface area contributed by atoms with Crippen molar-refractivity contribution in [2.75, 3.05) is 11.5 Å². The fourth-order valence-electron chi connectivity index (χ4n) is 3.51. The van der Waals surface area contributed by atoms with Crippen molar-refractivity contribution in [3.8, 4) is 0 Å². The number of sulfone groups is 1. The molecule has 4 nitrogen and oxygen atoms in total. The molecule has 4 rings (SSSR count). The van der Waals surface area contributed by atoms with E-state index in [0.717, 1.165) is 16.5 Å². The van der Waals surface area contributed by atoms with Crippen LogP contribution in [0.2, 0.25) is 5.02 Å². The maximum atomic E-state index is 12.1. The molecule has 0 aliphatic carbocycles. The Morgan fingerprint density at radius 1 is 1.07 bits per heavy atom. The number of hydrogen-bond acceptors (Lipinski definition) is 5. The summed E-state index contributed by atoms with van der Waals surface area (Å²) in [5.74, 6) is 1.16. The molecule has 1 saturated heterocycles. The minimum Gasteiger partial charge on any atom is -0.341 e. The number of aryl methyl sites for hydroxylation is 1. The minimum atomic E-state index is -3.01. The summed E-state index contributed by atoms with van der Waals surface area (Å²) >= 11 is 7.68. The van der Waals surface area contributed by atoms with Crippen LogP contribution in [0.15, 0.2) is 53.5 Å². The summed E-state index contributed by atoms with van der Waals surface area (Å²) in [6.07, 6.45) is 0. The Hall–Kier alpha value is -1.50. The van der Waals surface area contributed by atoms with E-state index < -0.39 is 9.84 Å². The van der Waals surface area contributed by atoms with Crippen LogP contribution in [0.5, 0.6) is 0 Å². The van der Waals surface area contributed by atoms with E-state index in [0.29, 0.717) is 11.6 Å². The van der Waals surface area contributed by atoms with Gasteiger partial charge < -0.3 is 4.90 Å². The summed E-state index contributed by atoms with van der Waals surface area (Å²) in [7, 11) is -3.01. The molecule has 2 aromatic rings. The van der Waals surface area contributed by atoms with Crippen LogP contribution in [0.3, 0.4) is 0 Å². The fourth-order valence-corrected chi connectivity index (χ4v) is 6.58. The second-order valence-electron chi connectivity index (χ2n) is 7.15.